The van der Waals surface area contributed by atoms with Gasteiger partial charge in [0.15, 0.2) is 0 Å². The van der Waals surface area contributed by atoms with Gasteiger partial charge in [0.25, 0.3) is 0 Å². The van der Waals surface area contributed by atoms with Crippen LogP contribution in [0.1, 0.15) is 11.6 Å². The molecular weight excluding hydrogens is 249 g/mol. The first-order chi connectivity index (χ1) is 7.60. The van der Waals surface area contributed by atoms with Crippen LogP contribution in [-0.2, 0) is 0 Å². The summed E-state index contributed by atoms with van der Waals surface area (Å²) in [5.74, 6) is -0.414. The van der Waals surface area contributed by atoms with E-state index < -0.39 is 12.0 Å². The highest BCUT2D eigenvalue weighted by atomic mass is 35.5. The van der Waals surface area contributed by atoms with Gasteiger partial charge in [-0.25, -0.2) is 5.53 Å². The highest BCUT2D eigenvalue weighted by Gasteiger charge is 2.16. The number of nitrogens with zero attached hydrogens (tertiary/aromatic N) is 2. The molecule has 0 aliphatic heterocycles. The van der Waals surface area contributed by atoms with E-state index in [-0.39, 0.29) is 5.02 Å². The highest BCUT2D eigenvalue weighted by molar-refractivity contribution is 6.42. The van der Waals surface area contributed by atoms with Crippen LogP contribution < -0.4 is 5.32 Å². The molecule has 1 unspecified atom stereocenters. The minimum atomic E-state index is -0.854. The fourth-order valence-corrected chi connectivity index (χ4v) is 1.51. The molecule has 0 radical (unpaired) electrons. The number of benzene rings is 1. The van der Waals surface area contributed by atoms with Crippen molar-refractivity contribution in [3.63, 3.8) is 0 Å². The molecule has 0 fully saturated rings. The van der Waals surface area contributed by atoms with Crippen LogP contribution in [0.2, 0.25) is 10.0 Å². The minimum absolute atomic E-state index is 0.251. The number of hydrogen-bond acceptors (Lipinski definition) is 3. The molecule has 3 N–H and O–H groups in total. The number of nitrogens with one attached hydrogen (secondary N) is 3. The summed E-state index contributed by atoms with van der Waals surface area (Å²) in [6, 6.07) is 5.93. The van der Waals surface area contributed by atoms with E-state index in [1.54, 1.807) is 18.2 Å². The van der Waals surface area contributed by atoms with Crippen molar-refractivity contribution in [2.45, 2.75) is 6.04 Å². The predicted octanol–water partition coefficient (Wildman–Crippen LogP) is 3.11. The van der Waals surface area contributed by atoms with E-state index in [1.807, 2.05) is 6.07 Å². The van der Waals surface area contributed by atoms with E-state index in [0.717, 1.165) is 0 Å². The molecule has 16 heavy (non-hydrogen) atoms. The van der Waals surface area contributed by atoms with Crippen LogP contribution in [0.4, 0.5) is 0 Å². The molecule has 5 nitrogen and oxygen atoms in total. The monoisotopic (exact) mass is 255 g/mol. The van der Waals surface area contributed by atoms with Crippen molar-refractivity contribution < 1.29 is 0 Å². The van der Waals surface area contributed by atoms with Gasteiger partial charge in [-0.3, -0.25) is 5.41 Å². The van der Waals surface area contributed by atoms with E-state index in [2.05, 4.69) is 10.4 Å². The van der Waals surface area contributed by atoms with Crippen molar-refractivity contribution in [2.75, 3.05) is 0 Å². The lowest BCUT2D eigenvalue weighted by atomic mass is 10.1. The second-order valence-electron chi connectivity index (χ2n) is 2.81. The average Bonchev–Trinajstić information content (AvgIpc) is 2.29. The molecule has 1 aromatic rings. The number of guanidine groups is 1. The fourth-order valence-electron chi connectivity index (χ4n) is 1.09. The van der Waals surface area contributed by atoms with Gasteiger partial charge in [0.1, 0.15) is 6.04 Å². The quantitative estimate of drug-likeness (QED) is 0.430. The standard InChI is InChI=1S/C9H7Cl2N5/c10-6-3-1-2-5(8(6)11)7(4-12)15-9(13)16-14/h1-3,7,14H,(H2,13,15). The van der Waals surface area contributed by atoms with Crippen molar-refractivity contribution in [1.82, 2.24) is 5.32 Å². The van der Waals surface area contributed by atoms with E-state index >= 15 is 0 Å². The number of rotatable bonds is 2. The second-order valence-corrected chi connectivity index (χ2v) is 3.60. The molecule has 1 aromatic carbocycles. The Kier molecular flexibility index (Phi) is 4.23. The summed E-state index contributed by atoms with van der Waals surface area (Å²) in [6.45, 7) is 0. The van der Waals surface area contributed by atoms with Crippen LogP contribution in [0.5, 0.6) is 0 Å². The van der Waals surface area contributed by atoms with E-state index in [0.29, 0.717) is 10.6 Å². The molecule has 0 aliphatic carbocycles. The Balaban J connectivity index is 3.05. The van der Waals surface area contributed by atoms with Gasteiger partial charge in [-0.05, 0) is 6.07 Å². The number of nitriles is 1. The third-order valence-electron chi connectivity index (χ3n) is 1.81. The van der Waals surface area contributed by atoms with Crippen LogP contribution in [0.3, 0.4) is 0 Å². The van der Waals surface area contributed by atoms with Crippen molar-refractivity contribution >= 4 is 29.2 Å². The molecule has 0 saturated heterocycles. The largest absolute Gasteiger partial charge is 0.334 e. The summed E-state index contributed by atoms with van der Waals surface area (Å²) in [5, 5.41) is 21.9. The van der Waals surface area contributed by atoms with Gasteiger partial charge in [-0.15, -0.1) is 5.11 Å². The van der Waals surface area contributed by atoms with Crippen LogP contribution in [-0.4, -0.2) is 5.96 Å². The lowest BCUT2D eigenvalue weighted by molar-refractivity contribution is 0.785. The van der Waals surface area contributed by atoms with Crippen molar-refractivity contribution in [3.8, 4) is 6.07 Å². The van der Waals surface area contributed by atoms with E-state index in [9.17, 15) is 0 Å². The Labute approximate surface area is 102 Å². The normalized spacial score (nSPS) is 11.3. The third-order valence-corrected chi connectivity index (χ3v) is 2.65. The maximum absolute atomic E-state index is 8.93. The molecule has 0 amide bonds. The molecule has 7 heteroatoms. The Morgan fingerprint density at radius 1 is 1.50 bits per heavy atom. The SMILES string of the molecule is N#CC(NC(=N)N=N)c1cccc(Cl)c1Cl. The molecule has 1 atom stereocenters. The van der Waals surface area contributed by atoms with Crippen molar-refractivity contribution in [3.05, 3.63) is 33.8 Å². The van der Waals surface area contributed by atoms with Gasteiger partial charge in [-0.2, -0.15) is 5.26 Å². The topological polar surface area (TPSA) is 95.9 Å². The summed E-state index contributed by atoms with van der Waals surface area (Å²) < 4.78 is 0. The number of halogens is 2. The van der Waals surface area contributed by atoms with Gasteiger partial charge in [0.2, 0.25) is 5.96 Å². The predicted molar refractivity (Wildman–Crippen MR) is 60.8 cm³/mol. The van der Waals surface area contributed by atoms with Crippen LogP contribution in [0, 0.1) is 22.3 Å². The summed E-state index contributed by atoms with van der Waals surface area (Å²) in [7, 11) is 0. The molecular formula is C9H7Cl2N5. The fraction of sp³-hybridized carbons (Fsp3) is 0.111. The van der Waals surface area contributed by atoms with Crippen LogP contribution >= 0.6 is 23.2 Å². The molecule has 0 aliphatic rings. The first-order valence-electron chi connectivity index (χ1n) is 4.16. The third kappa shape index (κ3) is 2.69. The summed E-state index contributed by atoms with van der Waals surface area (Å²) in [5.41, 5.74) is 7.05. The van der Waals surface area contributed by atoms with Gasteiger partial charge in [-0.1, -0.05) is 35.3 Å². The molecule has 82 valence electrons. The maximum Gasteiger partial charge on any atom is 0.235 e. The van der Waals surface area contributed by atoms with Crippen LogP contribution in [0.25, 0.3) is 0 Å². The summed E-state index contributed by atoms with van der Waals surface area (Å²) in [4.78, 5) is 0. The molecule has 0 heterocycles. The molecule has 0 spiro atoms. The molecule has 0 aromatic heterocycles. The van der Waals surface area contributed by atoms with Gasteiger partial charge in [0, 0.05) is 5.56 Å². The lowest BCUT2D eigenvalue weighted by Gasteiger charge is -2.12. The summed E-state index contributed by atoms with van der Waals surface area (Å²) >= 11 is 11.7. The van der Waals surface area contributed by atoms with E-state index in [4.69, 9.17) is 39.4 Å². The van der Waals surface area contributed by atoms with Crippen LogP contribution in [0.15, 0.2) is 23.3 Å². The van der Waals surface area contributed by atoms with Gasteiger partial charge < -0.3 is 5.32 Å². The zero-order chi connectivity index (χ0) is 12.1. The lowest BCUT2D eigenvalue weighted by Crippen LogP contribution is -2.25. The zero-order valence-electron chi connectivity index (χ0n) is 7.96. The Morgan fingerprint density at radius 2 is 2.19 bits per heavy atom. The first kappa shape index (κ1) is 12.4. The first-order valence-corrected chi connectivity index (χ1v) is 4.91. The highest BCUT2D eigenvalue weighted by Crippen LogP contribution is 2.29. The van der Waals surface area contributed by atoms with E-state index in [1.165, 1.54) is 0 Å². The Hall–Kier alpha value is -1.64. The number of hydrogen-bond donors (Lipinski definition) is 3. The van der Waals surface area contributed by atoms with Crippen molar-refractivity contribution in [1.29, 1.82) is 16.2 Å². The van der Waals surface area contributed by atoms with Crippen molar-refractivity contribution in [2.24, 2.45) is 5.11 Å². The summed E-state index contributed by atoms with van der Waals surface area (Å²) in [6.07, 6.45) is 0. The Morgan fingerprint density at radius 3 is 2.75 bits per heavy atom. The van der Waals surface area contributed by atoms with Gasteiger partial charge in [0.05, 0.1) is 16.1 Å². The molecule has 0 bridgehead atoms. The Bertz CT molecular complexity index is 465. The molecule has 1 rings (SSSR count). The molecule has 0 saturated carbocycles. The second kappa shape index (κ2) is 5.45. The maximum atomic E-state index is 8.93. The smallest absolute Gasteiger partial charge is 0.235 e. The average molecular weight is 256 g/mol. The zero-order valence-corrected chi connectivity index (χ0v) is 9.47. The minimum Gasteiger partial charge on any atom is -0.334 e. The van der Waals surface area contributed by atoms with Gasteiger partial charge >= 0.3 is 0 Å².